The molecule has 0 heterocycles. The molecule has 2 aliphatic rings. The van der Waals surface area contributed by atoms with Crippen molar-refractivity contribution in [2.45, 2.75) is 38.2 Å². The maximum Gasteiger partial charge on any atom is 0.120 e. The zero-order valence-electron chi connectivity index (χ0n) is 8.20. The van der Waals surface area contributed by atoms with Crippen molar-refractivity contribution in [3.63, 3.8) is 0 Å². The summed E-state index contributed by atoms with van der Waals surface area (Å²) in [6.45, 7) is -0.223. The van der Waals surface area contributed by atoms with E-state index in [1.165, 1.54) is 5.57 Å². The van der Waals surface area contributed by atoms with Crippen molar-refractivity contribution >= 4 is 6.29 Å². The minimum atomic E-state index is -0.741. The SMILES string of the molecule is O=CCC1(C(=C2CC2)C(O)CO)CC1. The molecule has 2 rings (SSSR count). The van der Waals surface area contributed by atoms with Crippen LogP contribution >= 0.6 is 0 Å². The Kier molecular flexibility index (Phi) is 2.45. The van der Waals surface area contributed by atoms with Crippen LogP contribution in [0.15, 0.2) is 11.1 Å². The molecule has 0 amide bonds. The molecule has 1 unspecified atom stereocenters. The highest BCUT2D eigenvalue weighted by Crippen LogP contribution is 2.58. The van der Waals surface area contributed by atoms with E-state index in [-0.39, 0.29) is 12.0 Å². The second-order valence-electron chi connectivity index (χ2n) is 4.37. The third-order valence-electron chi connectivity index (χ3n) is 3.29. The average molecular weight is 196 g/mol. The molecular formula is C11H16O3. The van der Waals surface area contributed by atoms with E-state index in [2.05, 4.69) is 0 Å². The summed E-state index contributed by atoms with van der Waals surface area (Å²) in [4.78, 5) is 10.6. The van der Waals surface area contributed by atoms with Crippen LogP contribution in [0.3, 0.4) is 0 Å². The van der Waals surface area contributed by atoms with Gasteiger partial charge in [-0.25, -0.2) is 0 Å². The molecule has 0 aromatic carbocycles. The van der Waals surface area contributed by atoms with Crippen LogP contribution in [0.1, 0.15) is 32.1 Å². The Bertz CT molecular complexity index is 270. The zero-order valence-corrected chi connectivity index (χ0v) is 8.20. The Hall–Kier alpha value is -0.670. The summed E-state index contributed by atoms with van der Waals surface area (Å²) in [6.07, 6.45) is 4.74. The largest absolute Gasteiger partial charge is 0.393 e. The Morgan fingerprint density at radius 3 is 2.50 bits per heavy atom. The van der Waals surface area contributed by atoms with Crippen LogP contribution in [-0.2, 0) is 4.79 Å². The van der Waals surface area contributed by atoms with Crippen LogP contribution in [0.4, 0.5) is 0 Å². The van der Waals surface area contributed by atoms with Crippen molar-refractivity contribution in [3.8, 4) is 0 Å². The van der Waals surface area contributed by atoms with Crippen molar-refractivity contribution < 1.29 is 15.0 Å². The van der Waals surface area contributed by atoms with Crippen LogP contribution in [0, 0.1) is 5.41 Å². The van der Waals surface area contributed by atoms with Crippen molar-refractivity contribution in [1.29, 1.82) is 0 Å². The third-order valence-corrected chi connectivity index (χ3v) is 3.29. The third kappa shape index (κ3) is 1.62. The van der Waals surface area contributed by atoms with Crippen LogP contribution in [0.25, 0.3) is 0 Å². The fraction of sp³-hybridized carbons (Fsp3) is 0.727. The molecule has 2 N–H and O–H groups in total. The summed E-state index contributed by atoms with van der Waals surface area (Å²) in [7, 11) is 0. The first-order chi connectivity index (χ1) is 6.73. The van der Waals surface area contributed by atoms with Crippen LogP contribution in [0.5, 0.6) is 0 Å². The van der Waals surface area contributed by atoms with E-state index in [1.54, 1.807) is 0 Å². The van der Waals surface area contributed by atoms with Crippen molar-refractivity contribution in [3.05, 3.63) is 11.1 Å². The lowest BCUT2D eigenvalue weighted by atomic mass is 9.88. The van der Waals surface area contributed by atoms with Crippen molar-refractivity contribution in [1.82, 2.24) is 0 Å². The maximum absolute atomic E-state index is 10.6. The number of allylic oxidation sites excluding steroid dienone is 1. The molecular weight excluding hydrogens is 180 g/mol. The predicted molar refractivity (Wildman–Crippen MR) is 51.7 cm³/mol. The quantitative estimate of drug-likeness (QED) is 0.505. The molecule has 0 aliphatic heterocycles. The molecule has 0 aromatic rings. The molecule has 2 saturated carbocycles. The number of aldehydes is 1. The van der Waals surface area contributed by atoms with E-state index >= 15 is 0 Å². The highest BCUT2D eigenvalue weighted by atomic mass is 16.3. The Morgan fingerprint density at radius 1 is 1.50 bits per heavy atom. The lowest BCUT2D eigenvalue weighted by Gasteiger charge is -2.21. The normalized spacial score (nSPS) is 24.3. The van der Waals surface area contributed by atoms with E-state index < -0.39 is 6.10 Å². The van der Waals surface area contributed by atoms with Gasteiger partial charge >= 0.3 is 0 Å². The number of aliphatic hydroxyl groups is 2. The van der Waals surface area contributed by atoms with Crippen LogP contribution in [0.2, 0.25) is 0 Å². The van der Waals surface area contributed by atoms with Gasteiger partial charge in [0.2, 0.25) is 0 Å². The van der Waals surface area contributed by atoms with Gasteiger partial charge in [0.25, 0.3) is 0 Å². The molecule has 0 aromatic heterocycles. The second kappa shape index (κ2) is 3.48. The van der Waals surface area contributed by atoms with Gasteiger partial charge in [0.15, 0.2) is 0 Å². The Labute approximate surface area is 83.4 Å². The summed E-state index contributed by atoms with van der Waals surface area (Å²) in [5.74, 6) is 0. The molecule has 3 heteroatoms. The topological polar surface area (TPSA) is 57.5 Å². The standard InChI is InChI=1S/C11H16O3/c12-6-5-11(3-4-11)10(8-1-2-8)9(14)7-13/h6,9,13-14H,1-5,7H2. The fourth-order valence-electron chi connectivity index (χ4n) is 2.28. The van der Waals surface area contributed by atoms with Gasteiger partial charge in [-0.2, -0.15) is 0 Å². The Balaban J connectivity index is 2.20. The van der Waals surface area contributed by atoms with Gasteiger partial charge in [-0.05, 0) is 31.3 Å². The van der Waals surface area contributed by atoms with Gasteiger partial charge in [0.1, 0.15) is 6.29 Å². The van der Waals surface area contributed by atoms with Gasteiger partial charge in [0, 0.05) is 11.8 Å². The number of rotatable bonds is 5. The van der Waals surface area contributed by atoms with Gasteiger partial charge in [0.05, 0.1) is 12.7 Å². The summed E-state index contributed by atoms with van der Waals surface area (Å²) < 4.78 is 0. The van der Waals surface area contributed by atoms with Crippen LogP contribution < -0.4 is 0 Å². The summed E-state index contributed by atoms with van der Waals surface area (Å²) >= 11 is 0. The van der Waals surface area contributed by atoms with E-state index in [4.69, 9.17) is 5.11 Å². The maximum atomic E-state index is 10.6. The molecule has 0 spiro atoms. The first-order valence-corrected chi connectivity index (χ1v) is 5.18. The van der Waals surface area contributed by atoms with Crippen LogP contribution in [-0.4, -0.2) is 29.2 Å². The fourth-order valence-corrected chi connectivity index (χ4v) is 2.28. The van der Waals surface area contributed by atoms with Crippen molar-refractivity contribution in [2.24, 2.45) is 5.41 Å². The molecule has 2 fully saturated rings. The number of carbonyl (C=O) groups is 1. The molecule has 1 atom stereocenters. The highest BCUT2D eigenvalue weighted by Gasteiger charge is 2.49. The zero-order chi connectivity index (χ0) is 10.2. The summed E-state index contributed by atoms with van der Waals surface area (Å²) in [6, 6.07) is 0. The predicted octanol–water partition coefficient (Wildman–Crippen LogP) is 0.799. The number of carbonyl (C=O) groups excluding carboxylic acids is 1. The molecule has 0 radical (unpaired) electrons. The monoisotopic (exact) mass is 196 g/mol. The van der Waals surface area contributed by atoms with Gasteiger partial charge in [-0.1, -0.05) is 5.57 Å². The molecule has 3 nitrogen and oxygen atoms in total. The minimum absolute atomic E-state index is 0.0737. The molecule has 2 aliphatic carbocycles. The lowest BCUT2D eigenvalue weighted by Crippen LogP contribution is -2.23. The number of hydrogen-bond donors (Lipinski definition) is 2. The molecule has 78 valence electrons. The summed E-state index contributed by atoms with van der Waals surface area (Å²) in [5.41, 5.74) is 2.17. The van der Waals surface area contributed by atoms with E-state index in [0.717, 1.165) is 37.5 Å². The first-order valence-electron chi connectivity index (χ1n) is 5.18. The molecule has 0 bridgehead atoms. The average Bonchev–Trinajstić information content (AvgIpc) is 3.03. The smallest absolute Gasteiger partial charge is 0.120 e. The van der Waals surface area contributed by atoms with E-state index in [0.29, 0.717) is 6.42 Å². The molecule has 0 saturated heterocycles. The molecule has 14 heavy (non-hydrogen) atoms. The summed E-state index contributed by atoms with van der Waals surface area (Å²) in [5, 5.41) is 18.7. The lowest BCUT2D eigenvalue weighted by molar-refractivity contribution is -0.108. The Morgan fingerprint density at radius 2 is 2.14 bits per heavy atom. The first kappa shape index (κ1) is 9.87. The van der Waals surface area contributed by atoms with Gasteiger partial charge < -0.3 is 15.0 Å². The number of aliphatic hydroxyl groups excluding tert-OH is 2. The minimum Gasteiger partial charge on any atom is -0.393 e. The highest BCUT2D eigenvalue weighted by molar-refractivity contribution is 5.55. The van der Waals surface area contributed by atoms with E-state index in [1.807, 2.05) is 0 Å². The second-order valence-corrected chi connectivity index (χ2v) is 4.37. The van der Waals surface area contributed by atoms with Crippen molar-refractivity contribution in [2.75, 3.05) is 6.61 Å². The van der Waals surface area contributed by atoms with E-state index in [9.17, 15) is 9.90 Å². The van der Waals surface area contributed by atoms with Gasteiger partial charge in [-0.3, -0.25) is 0 Å². The number of hydrogen-bond acceptors (Lipinski definition) is 3. The van der Waals surface area contributed by atoms with Gasteiger partial charge in [-0.15, -0.1) is 0 Å².